The third-order valence-corrected chi connectivity index (χ3v) is 7.11. The number of thiocarbonyl (C=S) groups is 1. The number of piperidine rings is 1. The molecule has 0 spiro atoms. The first kappa shape index (κ1) is 26.5. The minimum atomic E-state index is -0.726. The van der Waals surface area contributed by atoms with Crippen molar-refractivity contribution in [2.45, 2.75) is 38.0 Å². The first-order valence-electron chi connectivity index (χ1n) is 12.4. The summed E-state index contributed by atoms with van der Waals surface area (Å²) in [5, 5.41) is 3.99. The Bertz CT molecular complexity index is 1090. The maximum Gasteiger partial charge on any atom is 0.410 e. The van der Waals surface area contributed by atoms with Crippen molar-refractivity contribution in [1.82, 2.24) is 15.1 Å². The number of carbonyl (C=O) groups is 2. The van der Waals surface area contributed by atoms with Crippen LogP contribution in [0.25, 0.3) is 0 Å². The molecule has 0 aromatic heterocycles. The highest BCUT2D eigenvalue weighted by molar-refractivity contribution is 7.80. The first-order chi connectivity index (χ1) is 18.0. The topological polar surface area (TPSA) is 89.6 Å². The molecule has 4 rings (SSSR count). The third kappa shape index (κ3) is 6.62. The van der Waals surface area contributed by atoms with E-state index in [1.165, 1.54) is 0 Å². The molecule has 2 aliphatic rings. The van der Waals surface area contributed by atoms with Gasteiger partial charge in [-0.3, -0.25) is 4.90 Å². The van der Waals surface area contributed by atoms with Crippen molar-refractivity contribution >= 4 is 29.4 Å². The van der Waals surface area contributed by atoms with E-state index in [0.29, 0.717) is 37.6 Å². The van der Waals surface area contributed by atoms with Crippen molar-refractivity contribution in [1.29, 1.82) is 0 Å². The Kier molecular flexibility index (Phi) is 9.05. The fourth-order valence-corrected chi connectivity index (χ4v) is 4.97. The molecule has 2 fully saturated rings. The smallest absolute Gasteiger partial charge is 0.410 e. The normalized spacial score (nSPS) is 17.8. The van der Waals surface area contributed by atoms with E-state index in [1.807, 2.05) is 48.5 Å². The highest BCUT2D eigenvalue weighted by atomic mass is 32.1. The summed E-state index contributed by atoms with van der Waals surface area (Å²) in [5.74, 6) is 1.15. The number of amides is 1. The molecule has 37 heavy (non-hydrogen) atoms. The van der Waals surface area contributed by atoms with E-state index < -0.39 is 18.1 Å². The SMILES string of the molecule is COc1ccc(OC)c(CCNC(=S)N2CCC(N3C(=O)OCC3C(=O)OCc3ccccc3)CC2)c1. The molecule has 0 saturated carbocycles. The van der Waals surface area contributed by atoms with Crippen LogP contribution in [0.5, 0.6) is 11.5 Å². The molecular formula is C27H33N3O6S. The second-order valence-electron chi connectivity index (χ2n) is 8.97. The predicted molar refractivity (Wildman–Crippen MR) is 142 cm³/mol. The van der Waals surface area contributed by atoms with Crippen LogP contribution >= 0.6 is 12.2 Å². The lowest BCUT2D eigenvalue weighted by Crippen LogP contribution is -2.53. The highest BCUT2D eigenvalue weighted by Gasteiger charge is 2.44. The predicted octanol–water partition coefficient (Wildman–Crippen LogP) is 3.15. The number of cyclic esters (lactones) is 1. The number of nitrogens with one attached hydrogen (secondary N) is 1. The van der Waals surface area contributed by atoms with Gasteiger partial charge in [-0.25, -0.2) is 9.59 Å². The molecule has 0 aliphatic carbocycles. The molecule has 198 valence electrons. The standard InChI is InChI=1S/C27H33N3O6S/c1-33-22-8-9-24(34-2)20(16-22)10-13-28-26(37)29-14-11-21(12-15-29)30-23(18-36-27(30)32)25(31)35-17-19-6-4-3-5-7-19/h3-9,16,21,23H,10-15,17-18H2,1-2H3,(H,28,37). The van der Waals surface area contributed by atoms with Crippen LogP contribution in [0.4, 0.5) is 4.79 Å². The number of hydrogen-bond acceptors (Lipinski definition) is 7. The molecule has 1 amide bonds. The van der Waals surface area contributed by atoms with Gasteiger partial charge in [-0.1, -0.05) is 30.3 Å². The van der Waals surface area contributed by atoms with Gasteiger partial charge in [0, 0.05) is 25.7 Å². The molecule has 0 radical (unpaired) electrons. The Morgan fingerprint density at radius 3 is 2.57 bits per heavy atom. The van der Waals surface area contributed by atoms with E-state index in [0.717, 1.165) is 29.0 Å². The van der Waals surface area contributed by atoms with Crippen molar-refractivity contribution in [2.75, 3.05) is 40.5 Å². The van der Waals surface area contributed by atoms with E-state index in [-0.39, 0.29) is 19.3 Å². The van der Waals surface area contributed by atoms with Gasteiger partial charge >= 0.3 is 12.1 Å². The van der Waals surface area contributed by atoms with Gasteiger partial charge < -0.3 is 29.2 Å². The monoisotopic (exact) mass is 527 g/mol. The number of hydrogen-bond donors (Lipinski definition) is 1. The number of carbonyl (C=O) groups excluding carboxylic acids is 2. The van der Waals surface area contributed by atoms with Crippen LogP contribution in [-0.4, -0.2) is 79.5 Å². The quantitative estimate of drug-likeness (QED) is 0.390. The minimum Gasteiger partial charge on any atom is -0.497 e. The van der Waals surface area contributed by atoms with Gasteiger partial charge in [0.2, 0.25) is 0 Å². The fourth-order valence-electron chi connectivity index (χ4n) is 4.68. The van der Waals surface area contributed by atoms with Gasteiger partial charge in [-0.15, -0.1) is 0 Å². The zero-order chi connectivity index (χ0) is 26.2. The molecule has 1 unspecified atom stereocenters. The maximum atomic E-state index is 12.8. The second-order valence-corrected chi connectivity index (χ2v) is 9.36. The molecule has 2 aliphatic heterocycles. The summed E-state index contributed by atoms with van der Waals surface area (Å²) in [6.07, 6.45) is 1.63. The van der Waals surface area contributed by atoms with Gasteiger partial charge in [0.15, 0.2) is 11.2 Å². The fraction of sp³-hybridized carbons (Fsp3) is 0.444. The van der Waals surface area contributed by atoms with Crippen molar-refractivity contribution in [3.05, 3.63) is 59.7 Å². The molecule has 2 aromatic rings. The van der Waals surface area contributed by atoms with Crippen molar-refractivity contribution in [2.24, 2.45) is 0 Å². The Labute approximate surface area is 222 Å². The summed E-state index contributed by atoms with van der Waals surface area (Å²) in [7, 11) is 3.29. The van der Waals surface area contributed by atoms with Gasteiger partial charge in [0.25, 0.3) is 0 Å². The summed E-state index contributed by atoms with van der Waals surface area (Å²) in [6, 6.07) is 14.4. The van der Waals surface area contributed by atoms with Crippen LogP contribution in [0.3, 0.4) is 0 Å². The van der Waals surface area contributed by atoms with Crippen molar-refractivity contribution in [3.8, 4) is 11.5 Å². The largest absolute Gasteiger partial charge is 0.497 e. The summed E-state index contributed by atoms with van der Waals surface area (Å²) >= 11 is 5.62. The van der Waals surface area contributed by atoms with Crippen LogP contribution in [0.15, 0.2) is 48.5 Å². The first-order valence-corrected chi connectivity index (χ1v) is 12.8. The van der Waals surface area contributed by atoms with E-state index in [1.54, 1.807) is 19.1 Å². The molecule has 10 heteroatoms. The Balaban J connectivity index is 1.25. The number of ether oxygens (including phenoxy) is 4. The number of likely N-dealkylation sites (tertiary alicyclic amines) is 1. The highest BCUT2D eigenvalue weighted by Crippen LogP contribution is 2.26. The van der Waals surface area contributed by atoms with E-state index in [4.69, 9.17) is 31.2 Å². The van der Waals surface area contributed by atoms with E-state index in [2.05, 4.69) is 10.2 Å². The molecule has 1 N–H and O–H groups in total. The Morgan fingerprint density at radius 2 is 1.86 bits per heavy atom. The van der Waals surface area contributed by atoms with Crippen LogP contribution in [0.1, 0.15) is 24.0 Å². The third-order valence-electron chi connectivity index (χ3n) is 6.71. The lowest BCUT2D eigenvalue weighted by atomic mass is 10.0. The molecule has 2 saturated heterocycles. The lowest BCUT2D eigenvalue weighted by molar-refractivity contribution is -0.150. The van der Waals surface area contributed by atoms with Crippen LogP contribution in [0, 0.1) is 0 Å². The summed E-state index contributed by atoms with van der Waals surface area (Å²) < 4.78 is 21.5. The lowest BCUT2D eigenvalue weighted by Gasteiger charge is -2.38. The van der Waals surface area contributed by atoms with E-state index >= 15 is 0 Å². The van der Waals surface area contributed by atoms with Crippen LogP contribution in [-0.2, 0) is 27.3 Å². The zero-order valence-corrected chi connectivity index (χ0v) is 22.0. The van der Waals surface area contributed by atoms with Crippen molar-refractivity contribution < 1.29 is 28.5 Å². The number of methoxy groups -OCH3 is 2. The van der Waals surface area contributed by atoms with Gasteiger partial charge in [-0.05, 0) is 60.8 Å². The molecule has 2 aromatic carbocycles. The maximum absolute atomic E-state index is 12.8. The van der Waals surface area contributed by atoms with Gasteiger partial charge in [0.1, 0.15) is 24.7 Å². The average Bonchev–Trinajstić information content (AvgIpc) is 3.33. The number of benzene rings is 2. The Morgan fingerprint density at radius 1 is 1.11 bits per heavy atom. The minimum absolute atomic E-state index is 0.0143. The number of nitrogens with zero attached hydrogens (tertiary/aromatic N) is 2. The van der Waals surface area contributed by atoms with Crippen LogP contribution < -0.4 is 14.8 Å². The molecular weight excluding hydrogens is 494 g/mol. The molecule has 0 bridgehead atoms. The van der Waals surface area contributed by atoms with Crippen LogP contribution in [0.2, 0.25) is 0 Å². The summed E-state index contributed by atoms with van der Waals surface area (Å²) in [5.41, 5.74) is 1.93. The average molecular weight is 528 g/mol. The summed E-state index contributed by atoms with van der Waals surface area (Å²) in [6.45, 7) is 2.18. The summed E-state index contributed by atoms with van der Waals surface area (Å²) in [4.78, 5) is 28.9. The van der Waals surface area contributed by atoms with Gasteiger partial charge in [-0.2, -0.15) is 0 Å². The molecule has 2 heterocycles. The van der Waals surface area contributed by atoms with E-state index in [9.17, 15) is 9.59 Å². The molecule has 9 nitrogen and oxygen atoms in total. The number of rotatable bonds is 9. The Hall–Kier alpha value is -3.53. The number of esters is 1. The molecule has 1 atom stereocenters. The second kappa shape index (κ2) is 12.6. The van der Waals surface area contributed by atoms with Gasteiger partial charge in [0.05, 0.1) is 14.2 Å². The zero-order valence-electron chi connectivity index (χ0n) is 21.2. The van der Waals surface area contributed by atoms with Crippen molar-refractivity contribution in [3.63, 3.8) is 0 Å².